The summed E-state index contributed by atoms with van der Waals surface area (Å²) in [4.78, 5) is 11.6. The summed E-state index contributed by atoms with van der Waals surface area (Å²) < 4.78 is 0. The van der Waals surface area contributed by atoms with Crippen molar-refractivity contribution in [3.63, 3.8) is 0 Å². The zero-order valence-electron chi connectivity index (χ0n) is 16.3. The first-order valence-corrected chi connectivity index (χ1v) is 9.77. The van der Waals surface area contributed by atoms with Gasteiger partial charge >= 0.3 is 0 Å². The van der Waals surface area contributed by atoms with Crippen LogP contribution in [0.2, 0.25) is 0 Å². The molecule has 0 amide bonds. The minimum atomic E-state index is 0.0255. The van der Waals surface area contributed by atoms with Gasteiger partial charge in [0.1, 0.15) is 17.3 Å². The number of phenols is 2. The van der Waals surface area contributed by atoms with Crippen molar-refractivity contribution < 1.29 is 15.0 Å². The first-order chi connectivity index (χ1) is 11.7. The Labute approximate surface area is 152 Å². The fourth-order valence-electron chi connectivity index (χ4n) is 4.45. The first-order valence-electron chi connectivity index (χ1n) is 9.77. The third-order valence-electron chi connectivity index (χ3n) is 6.89. The van der Waals surface area contributed by atoms with Gasteiger partial charge in [-0.2, -0.15) is 0 Å². The Morgan fingerprint density at radius 1 is 1.08 bits per heavy atom. The Hall–Kier alpha value is -1.51. The van der Waals surface area contributed by atoms with Gasteiger partial charge in [0, 0.05) is 17.4 Å². The van der Waals surface area contributed by atoms with Gasteiger partial charge in [-0.1, -0.05) is 53.0 Å². The van der Waals surface area contributed by atoms with Gasteiger partial charge in [0.05, 0.1) is 0 Å². The molecule has 0 aromatic heterocycles. The fraction of sp³-hybridized carbons (Fsp3) is 0.682. The zero-order valence-corrected chi connectivity index (χ0v) is 16.3. The number of rotatable bonds is 5. The van der Waals surface area contributed by atoms with Crippen molar-refractivity contribution in [1.29, 1.82) is 0 Å². The number of fused-ring (bicyclic) bond motifs is 2. The number of carbonyl (C=O) groups excluding carboxylic acids is 1. The number of phenolic OH excluding ortho intramolecular Hbond substituents is 2. The molecular formula is C22H34O3. The first kappa shape index (κ1) is 19.8. The van der Waals surface area contributed by atoms with Crippen molar-refractivity contribution in [3.05, 3.63) is 23.8 Å². The topological polar surface area (TPSA) is 57.5 Å². The van der Waals surface area contributed by atoms with Crippen LogP contribution >= 0.6 is 0 Å². The quantitative estimate of drug-likeness (QED) is 0.680. The van der Waals surface area contributed by atoms with Gasteiger partial charge in [-0.3, -0.25) is 4.79 Å². The third-order valence-corrected chi connectivity index (χ3v) is 6.89. The highest BCUT2D eigenvalue weighted by atomic mass is 16.3. The lowest BCUT2D eigenvalue weighted by Crippen LogP contribution is -2.32. The van der Waals surface area contributed by atoms with E-state index in [4.69, 9.17) is 0 Å². The van der Waals surface area contributed by atoms with E-state index in [0.29, 0.717) is 17.3 Å². The van der Waals surface area contributed by atoms with Crippen LogP contribution in [0, 0.1) is 16.7 Å². The molecule has 2 bridgehead atoms. The average molecular weight is 347 g/mol. The Morgan fingerprint density at radius 3 is 2.12 bits per heavy atom. The molecule has 0 radical (unpaired) electrons. The summed E-state index contributed by atoms with van der Waals surface area (Å²) in [6.45, 7) is 8.84. The van der Waals surface area contributed by atoms with E-state index >= 15 is 0 Å². The number of unbranched alkanes of at least 4 members (excludes halogenated alkanes) is 3. The lowest BCUT2D eigenvalue weighted by molar-refractivity contribution is -0.128. The number of carbonyl (C=O) groups is 1. The highest BCUT2D eigenvalue weighted by Crippen LogP contribution is 2.63. The molecule has 3 heteroatoms. The molecule has 0 saturated heterocycles. The summed E-state index contributed by atoms with van der Waals surface area (Å²) in [5, 5.41) is 19.0. The van der Waals surface area contributed by atoms with Gasteiger partial charge < -0.3 is 10.2 Å². The van der Waals surface area contributed by atoms with Gasteiger partial charge in [0.15, 0.2) is 0 Å². The molecule has 140 valence electrons. The minimum absolute atomic E-state index is 0.0255. The highest BCUT2D eigenvalue weighted by molar-refractivity contribution is 5.89. The number of aromatic hydroxyl groups is 2. The molecule has 0 spiro atoms. The van der Waals surface area contributed by atoms with Crippen LogP contribution in [0.15, 0.2) is 18.2 Å². The predicted octanol–water partition coefficient (Wildman–Crippen LogP) is 5.62. The van der Waals surface area contributed by atoms with Gasteiger partial charge in [0.25, 0.3) is 0 Å². The molecule has 1 aromatic rings. The lowest BCUT2D eigenvalue weighted by atomic mass is 9.70. The van der Waals surface area contributed by atoms with Crippen molar-refractivity contribution in [2.24, 2.45) is 16.7 Å². The molecule has 2 aliphatic carbocycles. The van der Waals surface area contributed by atoms with Crippen molar-refractivity contribution >= 4 is 5.78 Å². The van der Waals surface area contributed by atoms with Gasteiger partial charge in [-0.15, -0.1) is 0 Å². The molecule has 1 aromatic carbocycles. The van der Waals surface area contributed by atoms with Crippen LogP contribution in [0.5, 0.6) is 11.5 Å². The molecule has 2 N–H and O–H groups in total. The summed E-state index contributed by atoms with van der Waals surface area (Å²) in [7, 11) is 0. The van der Waals surface area contributed by atoms with Crippen LogP contribution in [0.25, 0.3) is 0 Å². The summed E-state index contributed by atoms with van der Waals surface area (Å²) in [6.07, 6.45) is 8.62. The van der Waals surface area contributed by atoms with E-state index in [1.165, 1.54) is 19.3 Å². The average Bonchev–Trinajstić information content (AvgIpc) is 2.87. The molecule has 2 atom stereocenters. The Balaban J connectivity index is 0.000000185. The largest absolute Gasteiger partial charge is 0.508 e. The van der Waals surface area contributed by atoms with E-state index in [-0.39, 0.29) is 22.3 Å². The van der Waals surface area contributed by atoms with Crippen LogP contribution in [0.3, 0.4) is 0 Å². The molecule has 3 nitrogen and oxygen atoms in total. The molecule has 2 fully saturated rings. The predicted molar refractivity (Wildman–Crippen MR) is 102 cm³/mol. The minimum Gasteiger partial charge on any atom is -0.508 e. The molecular weight excluding hydrogens is 312 g/mol. The van der Waals surface area contributed by atoms with Crippen LogP contribution in [0.1, 0.15) is 78.2 Å². The molecule has 25 heavy (non-hydrogen) atoms. The van der Waals surface area contributed by atoms with Crippen molar-refractivity contribution in [3.8, 4) is 11.5 Å². The van der Waals surface area contributed by atoms with Crippen molar-refractivity contribution in [2.45, 2.75) is 79.1 Å². The van der Waals surface area contributed by atoms with E-state index in [9.17, 15) is 15.0 Å². The number of ketones is 1. The summed E-state index contributed by atoms with van der Waals surface area (Å²) in [5.41, 5.74) is 0.991. The van der Waals surface area contributed by atoms with Crippen LogP contribution in [0.4, 0.5) is 0 Å². The van der Waals surface area contributed by atoms with E-state index in [1.807, 2.05) is 0 Å². The van der Waals surface area contributed by atoms with Crippen molar-refractivity contribution in [2.75, 3.05) is 0 Å². The summed E-state index contributed by atoms with van der Waals surface area (Å²) in [5.74, 6) is 1.61. The Morgan fingerprint density at radius 2 is 1.72 bits per heavy atom. The van der Waals surface area contributed by atoms with Crippen molar-refractivity contribution in [1.82, 2.24) is 0 Å². The molecule has 0 aliphatic heterocycles. The van der Waals surface area contributed by atoms with Gasteiger partial charge in [0.2, 0.25) is 0 Å². The standard InChI is InChI=1S/C12H18O2.C10H16O/c1-2-3-4-5-7-10-11(13)8-6-9-12(10)14;1-9(2)7-4-5-10(9,3)8(11)6-7/h6,8-9,13-14H,2-5,7H2,1H3;7H,4-6H2,1-3H3. The van der Waals surface area contributed by atoms with Gasteiger partial charge in [-0.25, -0.2) is 0 Å². The zero-order chi connectivity index (χ0) is 18.7. The number of Topliss-reactive ketones (excluding diaryl/α,β-unsaturated/α-hetero) is 1. The van der Waals surface area contributed by atoms with E-state index in [2.05, 4.69) is 27.7 Å². The van der Waals surface area contributed by atoms with Crippen LogP contribution < -0.4 is 0 Å². The maximum atomic E-state index is 11.6. The second-order valence-electron chi connectivity index (χ2n) is 8.50. The Kier molecular flexibility index (Phi) is 6.18. The van der Waals surface area contributed by atoms with E-state index < -0.39 is 0 Å². The third kappa shape index (κ3) is 3.86. The molecule has 3 rings (SSSR count). The van der Waals surface area contributed by atoms with Crippen LogP contribution in [-0.4, -0.2) is 16.0 Å². The second-order valence-corrected chi connectivity index (χ2v) is 8.50. The summed E-state index contributed by atoms with van der Waals surface area (Å²) >= 11 is 0. The summed E-state index contributed by atoms with van der Waals surface area (Å²) in [6, 6.07) is 4.89. The number of hydrogen-bond donors (Lipinski definition) is 2. The molecule has 2 saturated carbocycles. The second kappa shape index (κ2) is 7.80. The van der Waals surface area contributed by atoms with E-state index in [1.54, 1.807) is 18.2 Å². The molecule has 2 aliphatic rings. The monoisotopic (exact) mass is 346 g/mol. The maximum Gasteiger partial charge on any atom is 0.139 e. The SMILES string of the molecule is CC12CCC(CC1=O)C2(C)C.CCCCCCc1c(O)cccc1O. The highest BCUT2D eigenvalue weighted by Gasteiger charge is 2.61. The maximum absolute atomic E-state index is 11.6. The smallest absolute Gasteiger partial charge is 0.139 e. The Bertz CT molecular complexity index is 585. The lowest BCUT2D eigenvalue weighted by Gasteiger charge is -2.32. The van der Waals surface area contributed by atoms with Gasteiger partial charge in [-0.05, 0) is 49.1 Å². The number of benzene rings is 1. The number of hydrogen-bond acceptors (Lipinski definition) is 3. The molecule has 0 heterocycles. The normalized spacial score (nSPS) is 26.4. The van der Waals surface area contributed by atoms with Crippen LogP contribution in [-0.2, 0) is 11.2 Å². The fourth-order valence-corrected chi connectivity index (χ4v) is 4.45. The van der Waals surface area contributed by atoms with E-state index in [0.717, 1.165) is 32.1 Å². The molecule has 2 unspecified atom stereocenters.